The molecule has 0 heterocycles. The lowest BCUT2D eigenvalue weighted by Gasteiger charge is -2.27. The summed E-state index contributed by atoms with van der Waals surface area (Å²) in [6.07, 6.45) is -0.595. The number of ether oxygens (including phenoxy) is 1. The fraction of sp³-hybridized carbons (Fsp3) is 0.364. The molecule has 5 heteroatoms. The second-order valence-corrected chi connectivity index (χ2v) is 7.53. The molecule has 0 saturated heterocycles. The van der Waals surface area contributed by atoms with Crippen LogP contribution in [-0.4, -0.2) is 28.5 Å². The van der Waals surface area contributed by atoms with Gasteiger partial charge in [-0.3, -0.25) is 4.79 Å². The first kappa shape index (κ1) is 20.5. The molecule has 0 unspecified atom stereocenters. The Hall–Kier alpha value is -2.82. The largest absolute Gasteiger partial charge is 0.444 e. The van der Waals surface area contributed by atoms with Gasteiger partial charge >= 0.3 is 6.09 Å². The number of carbonyl (C=O) groups is 2. The van der Waals surface area contributed by atoms with Crippen LogP contribution in [0.4, 0.5) is 4.79 Å². The van der Waals surface area contributed by atoms with Crippen LogP contribution in [0.5, 0.6) is 0 Å². The minimum Gasteiger partial charge on any atom is -0.444 e. The highest BCUT2D eigenvalue weighted by Crippen LogP contribution is 2.12. The molecule has 0 bridgehead atoms. The first-order valence-electron chi connectivity index (χ1n) is 9.11. The molecule has 0 aliphatic rings. The highest BCUT2D eigenvalue weighted by Gasteiger charge is 2.25. The Morgan fingerprint density at radius 2 is 1.37 bits per heavy atom. The van der Waals surface area contributed by atoms with Crippen LogP contribution in [0.15, 0.2) is 60.7 Å². The Morgan fingerprint density at radius 1 is 0.926 bits per heavy atom. The highest BCUT2D eigenvalue weighted by molar-refractivity contribution is 5.85. The van der Waals surface area contributed by atoms with E-state index in [9.17, 15) is 9.59 Å². The molecular formula is C22H28N2O3. The predicted octanol–water partition coefficient (Wildman–Crippen LogP) is 4.13. The average Bonchev–Trinajstić information content (AvgIpc) is 2.60. The Balaban J connectivity index is 2.10. The molecule has 0 spiro atoms. The molecule has 2 aromatic carbocycles. The maximum Gasteiger partial charge on any atom is 0.408 e. The van der Waals surface area contributed by atoms with Crippen LogP contribution in [0.1, 0.15) is 38.8 Å². The van der Waals surface area contributed by atoms with E-state index in [1.807, 2.05) is 60.7 Å². The predicted molar refractivity (Wildman–Crippen MR) is 106 cm³/mol. The number of rotatable bonds is 6. The van der Waals surface area contributed by atoms with E-state index in [0.717, 1.165) is 11.1 Å². The first-order valence-corrected chi connectivity index (χ1v) is 9.11. The summed E-state index contributed by atoms with van der Waals surface area (Å²) in [7, 11) is 0. The maximum atomic E-state index is 13.0. The molecule has 5 nitrogen and oxygen atoms in total. The van der Waals surface area contributed by atoms with Crippen LogP contribution in [0.2, 0.25) is 0 Å². The van der Waals surface area contributed by atoms with Gasteiger partial charge in [0, 0.05) is 13.1 Å². The lowest BCUT2D eigenvalue weighted by Crippen LogP contribution is -2.47. The van der Waals surface area contributed by atoms with Crippen molar-refractivity contribution >= 4 is 12.0 Å². The fourth-order valence-corrected chi connectivity index (χ4v) is 2.64. The molecule has 144 valence electrons. The van der Waals surface area contributed by atoms with Crippen molar-refractivity contribution < 1.29 is 14.3 Å². The molecule has 2 amide bonds. The minimum atomic E-state index is -0.688. The third kappa shape index (κ3) is 7.13. The summed E-state index contributed by atoms with van der Waals surface area (Å²) in [5, 5.41) is 2.64. The summed E-state index contributed by atoms with van der Waals surface area (Å²) >= 11 is 0. The Kier molecular flexibility index (Phi) is 6.99. The van der Waals surface area contributed by atoms with Crippen molar-refractivity contribution in [3.8, 4) is 0 Å². The van der Waals surface area contributed by atoms with Crippen molar-refractivity contribution in [3.63, 3.8) is 0 Å². The van der Waals surface area contributed by atoms with Crippen molar-refractivity contribution in [1.82, 2.24) is 10.2 Å². The van der Waals surface area contributed by atoms with Crippen LogP contribution in [0.25, 0.3) is 0 Å². The topological polar surface area (TPSA) is 58.6 Å². The molecular weight excluding hydrogens is 340 g/mol. The van der Waals surface area contributed by atoms with E-state index in [-0.39, 0.29) is 5.91 Å². The van der Waals surface area contributed by atoms with E-state index in [1.165, 1.54) is 0 Å². The second-order valence-electron chi connectivity index (χ2n) is 7.53. The number of nitrogens with zero attached hydrogens (tertiary/aromatic N) is 1. The zero-order chi connectivity index (χ0) is 19.9. The normalized spacial score (nSPS) is 12.1. The molecule has 0 fully saturated rings. The lowest BCUT2D eigenvalue weighted by molar-refractivity contribution is -0.134. The van der Waals surface area contributed by atoms with Crippen LogP contribution in [0.3, 0.4) is 0 Å². The Bertz CT molecular complexity index is 698. The SMILES string of the molecule is C[C@@H](NC(=O)OC(C)(C)C)C(=O)N(Cc1ccccc1)Cc1ccccc1. The van der Waals surface area contributed by atoms with Crippen LogP contribution >= 0.6 is 0 Å². The summed E-state index contributed by atoms with van der Waals surface area (Å²) in [5.74, 6) is -0.159. The molecule has 2 aromatic rings. The third-order valence-electron chi connectivity index (χ3n) is 3.85. The van der Waals surface area contributed by atoms with Gasteiger partial charge in [-0.05, 0) is 38.8 Å². The van der Waals surface area contributed by atoms with Crippen molar-refractivity contribution in [2.24, 2.45) is 0 Å². The van der Waals surface area contributed by atoms with Gasteiger partial charge in [-0.15, -0.1) is 0 Å². The summed E-state index contributed by atoms with van der Waals surface area (Å²) in [6.45, 7) is 7.97. The monoisotopic (exact) mass is 368 g/mol. The van der Waals surface area contributed by atoms with Crippen LogP contribution in [0, 0.1) is 0 Å². The number of amides is 2. The molecule has 0 saturated carbocycles. The van der Waals surface area contributed by atoms with Crippen molar-refractivity contribution in [3.05, 3.63) is 71.8 Å². The summed E-state index contributed by atoms with van der Waals surface area (Å²) in [6, 6.07) is 18.9. The molecule has 0 aliphatic heterocycles. The van der Waals surface area contributed by atoms with E-state index < -0.39 is 17.7 Å². The van der Waals surface area contributed by atoms with Gasteiger partial charge in [-0.2, -0.15) is 0 Å². The summed E-state index contributed by atoms with van der Waals surface area (Å²) in [4.78, 5) is 26.8. The number of hydrogen-bond donors (Lipinski definition) is 1. The van der Waals surface area contributed by atoms with E-state index in [1.54, 1.807) is 32.6 Å². The summed E-state index contributed by atoms with van der Waals surface area (Å²) in [5.41, 5.74) is 1.46. The molecule has 1 N–H and O–H groups in total. The van der Waals surface area contributed by atoms with Gasteiger partial charge in [0.2, 0.25) is 5.91 Å². The van der Waals surface area contributed by atoms with Crippen molar-refractivity contribution in [2.45, 2.75) is 52.4 Å². The van der Waals surface area contributed by atoms with Crippen LogP contribution < -0.4 is 5.32 Å². The maximum absolute atomic E-state index is 13.0. The molecule has 0 radical (unpaired) electrons. The summed E-state index contributed by atoms with van der Waals surface area (Å²) < 4.78 is 5.25. The molecule has 0 aromatic heterocycles. The third-order valence-corrected chi connectivity index (χ3v) is 3.85. The second kappa shape index (κ2) is 9.21. The van der Waals surface area contributed by atoms with E-state index in [0.29, 0.717) is 13.1 Å². The molecule has 1 atom stereocenters. The minimum absolute atomic E-state index is 0.159. The quantitative estimate of drug-likeness (QED) is 0.834. The standard InChI is InChI=1S/C22H28N2O3/c1-17(23-21(26)27-22(2,3)4)20(25)24(15-18-11-7-5-8-12-18)16-19-13-9-6-10-14-19/h5-14,17H,15-16H2,1-4H3,(H,23,26)/t17-/m1/s1. The Morgan fingerprint density at radius 3 is 1.78 bits per heavy atom. The van der Waals surface area contributed by atoms with Gasteiger partial charge in [0.15, 0.2) is 0 Å². The number of benzene rings is 2. The van der Waals surface area contributed by atoms with E-state index >= 15 is 0 Å². The first-order chi connectivity index (χ1) is 12.7. The Labute approximate surface area is 161 Å². The number of hydrogen-bond acceptors (Lipinski definition) is 3. The van der Waals surface area contributed by atoms with Gasteiger partial charge in [-0.1, -0.05) is 60.7 Å². The molecule has 2 rings (SSSR count). The van der Waals surface area contributed by atoms with Crippen molar-refractivity contribution in [1.29, 1.82) is 0 Å². The smallest absolute Gasteiger partial charge is 0.408 e. The van der Waals surface area contributed by atoms with Gasteiger partial charge < -0.3 is 15.0 Å². The zero-order valence-electron chi connectivity index (χ0n) is 16.4. The highest BCUT2D eigenvalue weighted by atomic mass is 16.6. The zero-order valence-corrected chi connectivity index (χ0v) is 16.4. The number of nitrogens with one attached hydrogen (secondary N) is 1. The fourth-order valence-electron chi connectivity index (χ4n) is 2.64. The van der Waals surface area contributed by atoms with E-state index in [2.05, 4.69) is 5.32 Å². The molecule has 27 heavy (non-hydrogen) atoms. The van der Waals surface area contributed by atoms with Crippen LogP contribution in [-0.2, 0) is 22.6 Å². The number of alkyl carbamates (subject to hydrolysis) is 1. The lowest BCUT2D eigenvalue weighted by atomic mass is 10.1. The van der Waals surface area contributed by atoms with Gasteiger partial charge in [-0.25, -0.2) is 4.79 Å². The van der Waals surface area contributed by atoms with Gasteiger partial charge in [0.25, 0.3) is 0 Å². The van der Waals surface area contributed by atoms with Gasteiger partial charge in [0.1, 0.15) is 11.6 Å². The van der Waals surface area contributed by atoms with E-state index in [4.69, 9.17) is 4.74 Å². The number of carbonyl (C=O) groups excluding carboxylic acids is 2. The molecule has 0 aliphatic carbocycles. The van der Waals surface area contributed by atoms with Gasteiger partial charge in [0.05, 0.1) is 0 Å². The average molecular weight is 368 g/mol. The van der Waals surface area contributed by atoms with Crippen molar-refractivity contribution in [2.75, 3.05) is 0 Å².